The maximum absolute atomic E-state index is 6.40. The third-order valence-corrected chi connectivity index (χ3v) is 4.03. The fraction of sp³-hybridized carbons (Fsp3) is 0.600. The van der Waals surface area contributed by atoms with Gasteiger partial charge >= 0.3 is 0 Å². The van der Waals surface area contributed by atoms with Gasteiger partial charge in [0.15, 0.2) is 0 Å². The number of imidazole rings is 1. The number of nitrogen functional groups attached to an aromatic ring is 1. The lowest BCUT2D eigenvalue weighted by Gasteiger charge is -2.07. The Labute approximate surface area is 124 Å². The minimum atomic E-state index is 0.565. The molecule has 2 N–H and O–H groups in total. The third kappa shape index (κ3) is 2.18. The van der Waals surface area contributed by atoms with Crippen LogP contribution < -0.4 is 10.5 Å². The van der Waals surface area contributed by atoms with Crippen molar-refractivity contribution >= 4 is 5.82 Å². The standard InChI is InChI=1S/C15H23N5O/c1-5-8-20-13(16)12(17-14(20)10-6-7-10)11-9(2)18-19(3)15(11)21-4/h10H,5-8,16H2,1-4H3. The van der Waals surface area contributed by atoms with Crippen LogP contribution >= 0.6 is 0 Å². The van der Waals surface area contributed by atoms with E-state index in [0.29, 0.717) is 11.8 Å². The number of ether oxygens (including phenoxy) is 1. The molecule has 6 nitrogen and oxygen atoms in total. The third-order valence-electron chi connectivity index (χ3n) is 4.03. The van der Waals surface area contributed by atoms with Crippen molar-refractivity contribution in [3.63, 3.8) is 0 Å². The summed E-state index contributed by atoms with van der Waals surface area (Å²) in [4.78, 5) is 4.85. The van der Waals surface area contributed by atoms with Gasteiger partial charge in [-0.1, -0.05) is 6.92 Å². The maximum Gasteiger partial charge on any atom is 0.221 e. The van der Waals surface area contributed by atoms with Crippen LogP contribution in [0.15, 0.2) is 0 Å². The molecule has 2 aromatic rings. The van der Waals surface area contributed by atoms with E-state index in [1.54, 1.807) is 11.8 Å². The van der Waals surface area contributed by atoms with Crippen molar-refractivity contribution in [2.24, 2.45) is 7.05 Å². The fourth-order valence-electron chi connectivity index (χ4n) is 2.92. The van der Waals surface area contributed by atoms with Crippen LogP contribution in [0.2, 0.25) is 0 Å². The van der Waals surface area contributed by atoms with Gasteiger partial charge in [0, 0.05) is 19.5 Å². The van der Waals surface area contributed by atoms with Gasteiger partial charge in [-0.2, -0.15) is 5.10 Å². The summed E-state index contributed by atoms with van der Waals surface area (Å²) in [6.07, 6.45) is 3.47. The van der Waals surface area contributed by atoms with E-state index in [9.17, 15) is 0 Å². The first-order chi connectivity index (χ1) is 10.1. The van der Waals surface area contributed by atoms with Crippen molar-refractivity contribution < 1.29 is 4.74 Å². The quantitative estimate of drug-likeness (QED) is 0.918. The summed E-state index contributed by atoms with van der Waals surface area (Å²) in [7, 11) is 3.53. The topological polar surface area (TPSA) is 70.9 Å². The lowest BCUT2D eigenvalue weighted by Crippen LogP contribution is -2.06. The monoisotopic (exact) mass is 289 g/mol. The first-order valence-electron chi connectivity index (χ1n) is 7.52. The molecule has 3 rings (SSSR count). The first-order valence-corrected chi connectivity index (χ1v) is 7.52. The molecule has 0 aromatic carbocycles. The minimum Gasteiger partial charge on any atom is -0.481 e. The highest BCUT2D eigenvalue weighted by molar-refractivity contribution is 5.77. The highest BCUT2D eigenvalue weighted by Crippen LogP contribution is 2.44. The first kappa shape index (κ1) is 14.0. The molecule has 21 heavy (non-hydrogen) atoms. The molecule has 0 atom stereocenters. The van der Waals surface area contributed by atoms with Crippen molar-refractivity contribution in [2.45, 2.75) is 45.6 Å². The van der Waals surface area contributed by atoms with Gasteiger partial charge in [-0.3, -0.25) is 0 Å². The van der Waals surface area contributed by atoms with E-state index in [2.05, 4.69) is 16.6 Å². The predicted molar refractivity (Wildman–Crippen MR) is 82.4 cm³/mol. The van der Waals surface area contributed by atoms with E-state index < -0.39 is 0 Å². The van der Waals surface area contributed by atoms with Gasteiger partial charge in [0.2, 0.25) is 5.88 Å². The Morgan fingerprint density at radius 3 is 2.67 bits per heavy atom. The Balaban J connectivity index is 2.17. The molecular formula is C15H23N5O. The molecule has 1 aliphatic rings. The number of aryl methyl sites for hydroxylation is 2. The summed E-state index contributed by atoms with van der Waals surface area (Å²) in [5.74, 6) is 3.13. The van der Waals surface area contributed by atoms with Crippen molar-refractivity contribution in [1.29, 1.82) is 0 Å². The second kappa shape index (κ2) is 5.09. The molecule has 2 aromatic heterocycles. The molecule has 0 amide bonds. The molecule has 0 bridgehead atoms. The van der Waals surface area contributed by atoms with E-state index in [-0.39, 0.29) is 0 Å². The zero-order valence-corrected chi connectivity index (χ0v) is 13.2. The molecule has 0 radical (unpaired) electrons. The minimum absolute atomic E-state index is 0.565. The van der Waals surface area contributed by atoms with Gasteiger partial charge in [0.1, 0.15) is 17.3 Å². The summed E-state index contributed by atoms with van der Waals surface area (Å²) in [6.45, 7) is 5.03. The molecule has 0 unspecified atom stereocenters. The summed E-state index contributed by atoms with van der Waals surface area (Å²) in [6, 6.07) is 0. The van der Waals surface area contributed by atoms with E-state index in [1.807, 2.05) is 14.0 Å². The van der Waals surface area contributed by atoms with E-state index in [1.165, 1.54) is 12.8 Å². The largest absolute Gasteiger partial charge is 0.481 e. The summed E-state index contributed by atoms with van der Waals surface area (Å²) < 4.78 is 9.39. The van der Waals surface area contributed by atoms with Crippen LogP contribution in [-0.4, -0.2) is 26.4 Å². The summed E-state index contributed by atoms with van der Waals surface area (Å²) in [5.41, 5.74) is 9.01. The molecule has 0 aliphatic heterocycles. The Morgan fingerprint density at radius 1 is 1.38 bits per heavy atom. The Hall–Kier alpha value is -1.98. The number of hydrogen-bond donors (Lipinski definition) is 1. The zero-order chi connectivity index (χ0) is 15.1. The van der Waals surface area contributed by atoms with Crippen molar-refractivity contribution in [2.75, 3.05) is 12.8 Å². The van der Waals surface area contributed by atoms with Crippen LogP contribution in [0.25, 0.3) is 11.3 Å². The number of anilines is 1. The average Bonchev–Trinajstić information content (AvgIpc) is 3.18. The second-order valence-electron chi connectivity index (χ2n) is 5.72. The SMILES string of the molecule is CCCn1c(C2CC2)nc(-c2c(C)nn(C)c2OC)c1N. The summed E-state index contributed by atoms with van der Waals surface area (Å²) in [5, 5.41) is 4.43. The number of methoxy groups -OCH3 is 1. The number of nitrogens with zero attached hydrogens (tertiary/aromatic N) is 4. The molecule has 0 spiro atoms. The van der Waals surface area contributed by atoms with Crippen molar-refractivity contribution in [1.82, 2.24) is 19.3 Å². The molecule has 0 saturated heterocycles. The Bertz CT molecular complexity index is 666. The second-order valence-corrected chi connectivity index (χ2v) is 5.72. The molecule has 1 fully saturated rings. The highest BCUT2D eigenvalue weighted by atomic mass is 16.5. The number of nitrogens with two attached hydrogens (primary N) is 1. The van der Waals surface area contributed by atoms with Gasteiger partial charge < -0.3 is 15.0 Å². The molecule has 1 saturated carbocycles. The van der Waals surface area contributed by atoms with Crippen LogP contribution in [0.3, 0.4) is 0 Å². The molecule has 1 aliphatic carbocycles. The molecule has 2 heterocycles. The van der Waals surface area contributed by atoms with Gasteiger partial charge in [-0.05, 0) is 26.2 Å². The van der Waals surface area contributed by atoms with Gasteiger partial charge in [0.05, 0.1) is 18.4 Å². The predicted octanol–water partition coefficient (Wildman–Crippen LogP) is 2.47. The lowest BCUT2D eigenvalue weighted by atomic mass is 10.2. The van der Waals surface area contributed by atoms with Crippen LogP contribution in [0, 0.1) is 6.92 Å². The van der Waals surface area contributed by atoms with E-state index >= 15 is 0 Å². The van der Waals surface area contributed by atoms with Crippen molar-refractivity contribution in [3.05, 3.63) is 11.5 Å². The maximum atomic E-state index is 6.40. The normalized spacial score (nSPS) is 14.7. The summed E-state index contributed by atoms with van der Waals surface area (Å²) >= 11 is 0. The average molecular weight is 289 g/mol. The smallest absolute Gasteiger partial charge is 0.221 e. The molecule has 6 heteroatoms. The number of aromatic nitrogens is 4. The Morgan fingerprint density at radius 2 is 2.10 bits per heavy atom. The van der Waals surface area contributed by atoms with E-state index in [0.717, 1.165) is 41.6 Å². The van der Waals surface area contributed by atoms with Crippen molar-refractivity contribution in [3.8, 4) is 17.1 Å². The molecule has 114 valence electrons. The van der Waals surface area contributed by atoms with Crippen LogP contribution in [0.4, 0.5) is 5.82 Å². The fourth-order valence-corrected chi connectivity index (χ4v) is 2.92. The van der Waals surface area contributed by atoms with E-state index in [4.69, 9.17) is 15.5 Å². The van der Waals surface area contributed by atoms with Crippen LogP contribution in [0.1, 0.15) is 43.6 Å². The van der Waals surface area contributed by atoms with Crippen LogP contribution in [-0.2, 0) is 13.6 Å². The molecular weight excluding hydrogens is 266 g/mol. The Kier molecular flexibility index (Phi) is 3.39. The highest BCUT2D eigenvalue weighted by Gasteiger charge is 2.32. The van der Waals surface area contributed by atoms with Gasteiger partial charge in [0.25, 0.3) is 0 Å². The number of hydrogen-bond acceptors (Lipinski definition) is 4. The lowest BCUT2D eigenvalue weighted by molar-refractivity contribution is 0.374. The van der Waals surface area contributed by atoms with Gasteiger partial charge in [-0.25, -0.2) is 9.67 Å². The number of rotatable bonds is 5. The van der Waals surface area contributed by atoms with Gasteiger partial charge in [-0.15, -0.1) is 0 Å². The zero-order valence-electron chi connectivity index (χ0n) is 13.2. The van der Waals surface area contributed by atoms with Crippen LogP contribution in [0.5, 0.6) is 5.88 Å².